The van der Waals surface area contributed by atoms with E-state index in [1.807, 2.05) is 0 Å². The molecule has 2 heteroatoms. The number of nitrogens with zero attached hydrogens (tertiary/aromatic N) is 1. The smallest absolute Gasteiger partial charge is 0.183 e. The summed E-state index contributed by atoms with van der Waals surface area (Å²) in [6, 6.07) is 0. The third-order valence-electron chi connectivity index (χ3n) is 3.11. The topological polar surface area (TPSA) is 21.6 Å². The van der Waals surface area contributed by atoms with E-state index in [1.165, 1.54) is 51.4 Å². The van der Waals surface area contributed by atoms with E-state index in [0.29, 0.717) is 6.10 Å². The molecule has 0 saturated heterocycles. The first-order chi connectivity index (χ1) is 7.83. The first kappa shape index (κ1) is 13.5. The Morgan fingerprint density at radius 3 is 2.25 bits per heavy atom. The molecule has 1 aliphatic rings. The van der Waals surface area contributed by atoms with E-state index in [1.54, 1.807) is 0 Å². The van der Waals surface area contributed by atoms with Crippen molar-refractivity contribution >= 4 is 5.90 Å². The highest BCUT2D eigenvalue weighted by Crippen LogP contribution is 2.12. The lowest BCUT2D eigenvalue weighted by molar-refractivity contribution is 0.238. The Labute approximate surface area is 100 Å². The second-order valence-corrected chi connectivity index (χ2v) is 4.89. The molecule has 0 aromatic heterocycles. The quantitative estimate of drug-likeness (QED) is 0.535. The predicted octanol–water partition coefficient (Wildman–Crippen LogP) is 4.33. The molecule has 0 radical (unpaired) electrons. The summed E-state index contributed by atoms with van der Waals surface area (Å²) in [5.74, 6) is 0.999. The van der Waals surface area contributed by atoms with Crippen molar-refractivity contribution in [3.8, 4) is 0 Å². The molecule has 16 heavy (non-hydrogen) atoms. The highest BCUT2D eigenvalue weighted by Gasteiger charge is 2.13. The maximum atomic E-state index is 5.57. The Bertz CT molecular complexity index is 201. The van der Waals surface area contributed by atoms with Gasteiger partial charge in [0, 0.05) is 6.42 Å². The van der Waals surface area contributed by atoms with Crippen LogP contribution in [0.15, 0.2) is 4.99 Å². The van der Waals surface area contributed by atoms with E-state index in [-0.39, 0.29) is 0 Å². The second kappa shape index (κ2) is 8.60. The summed E-state index contributed by atoms with van der Waals surface area (Å²) in [4.78, 5) is 4.37. The minimum atomic E-state index is 0.323. The van der Waals surface area contributed by atoms with Crippen LogP contribution in [-0.4, -0.2) is 18.5 Å². The Balaban J connectivity index is 1.81. The van der Waals surface area contributed by atoms with Crippen LogP contribution in [0.25, 0.3) is 0 Å². The molecular weight excluding hydrogens is 198 g/mol. The van der Waals surface area contributed by atoms with Crippen LogP contribution < -0.4 is 0 Å². The van der Waals surface area contributed by atoms with Crippen molar-refractivity contribution in [1.82, 2.24) is 0 Å². The molecule has 2 nitrogen and oxygen atoms in total. The number of hydrogen-bond acceptors (Lipinski definition) is 2. The molecule has 0 fully saturated rings. The minimum absolute atomic E-state index is 0.323. The lowest BCUT2D eigenvalue weighted by Crippen LogP contribution is -2.07. The molecule has 0 spiro atoms. The minimum Gasteiger partial charge on any atom is -0.476 e. The van der Waals surface area contributed by atoms with Gasteiger partial charge in [-0.3, -0.25) is 4.99 Å². The zero-order valence-corrected chi connectivity index (χ0v) is 11.0. The Kier molecular flexibility index (Phi) is 7.28. The molecular formula is C14H27NO. The van der Waals surface area contributed by atoms with Crippen LogP contribution in [0.3, 0.4) is 0 Å². The van der Waals surface area contributed by atoms with Crippen LogP contribution in [0.1, 0.15) is 71.6 Å². The van der Waals surface area contributed by atoms with E-state index < -0.39 is 0 Å². The SMILES string of the molecule is CCCCCCCCCCC1=NCC(C)O1. The summed E-state index contributed by atoms with van der Waals surface area (Å²) in [6.45, 7) is 5.22. The van der Waals surface area contributed by atoms with E-state index in [4.69, 9.17) is 4.74 Å². The molecule has 0 bridgehead atoms. The van der Waals surface area contributed by atoms with Gasteiger partial charge in [0.25, 0.3) is 0 Å². The summed E-state index contributed by atoms with van der Waals surface area (Å²) in [6.07, 6.45) is 12.3. The van der Waals surface area contributed by atoms with E-state index >= 15 is 0 Å². The number of unbranched alkanes of at least 4 members (excludes halogenated alkanes) is 7. The second-order valence-electron chi connectivity index (χ2n) is 4.89. The fourth-order valence-electron chi connectivity index (χ4n) is 2.09. The van der Waals surface area contributed by atoms with Gasteiger partial charge in [0.2, 0.25) is 0 Å². The number of rotatable bonds is 9. The zero-order valence-electron chi connectivity index (χ0n) is 11.0. The van der Waals surface area contributed by atoms with Crippen molar-refractivity contribution in [3.05, 3.63) is 0 Å². The van der Waals surface area contributed by atoms with Crippen molar-refractivity contribution in [2.24, 2.45) is 4.99 Å². The Morgan fingerprint density at radius 1 is 1.06 bits per heavy atom. The summed E-state index contributed by atoms with van der Waals surface area (Å²) < 4.78 is 5.57. The summed E-state index contributed by atoms with van der Waals surface area (Å²) in [7, 11) is 0. The Morgan fingerprint density at radius 2 is 1.69 bits per heavy atom. The van der Waals surface area contributed by atoms with Crippen molar-refractivity contribution in [1.29, 1.82) is 0 Å². The molecule has 94 valence electrons. The van der Waals surface area contributed by atoms with Crippen molar-refractivity contribution in [2.75, 3.05) is 6.54 Å². The molecule has 0 amide bonds. The summed E-state index contributed by atoms with van der Waals surface area (Å²) in [5, 5.41) is 0. The fraction of sp³-hybridized carbons (Fsp3) is 0.929. The largest absolute Gasteiger partial charge is 0.476 e. The molecule has 0 saturated carbocycles. The van der Waals surface area contributed by atoms with Gasteiger partial charge < -0.3 is 4.74 Å². The highest BCUT2D eigenvalue weighted by molar-refractivity contribution is 5.77. The molecule has 1 unspecified atom stereocenters. The van der Waals surface area contributed by atoms with Gasteiger partial charge >= 0.3 is 0 Å². The highest BCUT2D eigenvalue weighted by atomic mass is 16.5. The van der Waals surface area contributed by atoms with E-state index in [2.05, 4.69) is 18.8 Å². The first-order valence-electron chi connectivity index (χ1n) is 7.03. The average Bonchev–Trinajstić information content (AvgIpc) is 2.68. The predicted molar refractivity (Wildman–Crippen MR) is 70.1 cm³/mol. The molecule has 1 atom stereocenters. The van der Waals surface area contributed by atoms with Crippen LogP contribution in [0.2, 0.25) is 0 Å². The van der Waals surface area contributed by atoms with Crippen LogP contribution >= 0.6 is 0 Å². The van der Waals surface area contributed by atoms with Crippen molar-refractivity contribution in [2.45, 2.75) is 77.7 Å². The van der Waals surface area contributed by atoms with Gasteiger partial charge in [0.05, 0.1) is 6.54 Å². The maximum Gasteiger partial charge on any atom is 0.183 e. The fourth-order valence-corrected chi connectivity index (χ4v) is 2.09. The van der Waals surface area contributed by atoms with Crippen molar-refractivity contribution < 1.29 is 4.74 Å². The number of hydrogen-bond donors (Lipinski definition) is 0. The first-order valence-corrected chi connectivity index (χ1v) is 7.03. The number of aliphatic imine (C=N–C) groups is 1. The molecule has 1 rings (SSSR count). The molecule has 0 N–H and O–H groups in total. The molecule has 0 aromatic rings. The lowest BCUT2D eigenvalue weighted by Gasteiger charge is -2.05. The molecule has 0 aromatic carbocycles. The van der Waals surface area contributed by atoms with Crippen LogP contribution in [0.4, 0.5) is 0 Å². The van der Waals surface area contributed by atoms with Gasteiger partial charge in [0.1, 0.15) is 6.10 Å². The van der Waals surface area contributed by atoms with Crippen molar-refractivity contribution in [3.63, 3.8) is 0 Å². The van der Waals surface area contributed by atoms with Crippen LogP contribution in [0, 0.1) is 0 Å². The normalized spacial score (nSPS) is 19.6. The zero-order chi connectivity index (χ0) is 11.6. The van der Waals surface area contributed by atoms with Gasteiger partial charge in [0.15, 0.2) is 5.90 Å². The Hall–Kier alpha value is -0.530. The third-order valence-corrected chi connectivity index (χ3v) is 3.11. The van der Waals surface area contributed by atoms with Gasteiger partial charge in [-0.05, 0) is 13.3 Å². The monoisotopic (exact) mass is 225 g/mol. The third kappa shape index (κ3) is 6.14. The van der Waals surface area contributed by atoms with Crippen LogP contribution in [-0.2, 0) is 4.74 Å². The van der Waals surface area contributed by atoms with Gasteiger partial charge in [-0.15, -0.1) is 0 Å². The standard InChI is InChI=1S/C14H27NO/c1-3-4-5-6-7-8-9-10-11-14-15-12-13(2)16-14/h13H,3-12H2,1-2H3. The van der Waals surface area contributed by atoms with Gasteiger partial charge in [-0.2, -0.15) is 0 Å². The van der Waals surface area contributed by atoms with E-state index in [9.17, 15) is 0 Å². The average molecular weight is 225 g/mol. The van der Waals surface area contributed by atoms with Gasteiger partial charge in [-0.1, -0.05) is 51.9 Å². The summed E-state index contributed by atoms with van der Waals surface area (Å²) in [5.41, 5.74) is 0. The maximum absolute atomic E-state index is 5.57. The molecule has 0 aliphatic carbocycles. The molecule has 1 heterocycles. The lowest BCUT2D eigenvalue weighted by atomic mass is 10.1. The number of ether oxygens (including phenoxy) is 1. The van der Waals surface area contributed by atoms with Crippen LogP contribution in [0.5, 0.6) is 0 Å². The van der Waals surface area contributed by atoms with Gasteiger partial charge in [-0.25, -0.2) is 0 Å². The van der Waals surface area contributed by atoms with E-state index in [0.717, 1.165) is 18.9 Å². The molecule has 1 aliphatic heterocycles. The summed E-state index contributed by atoms with van der Waals surface area (Å²) >= 11 is 0.